The van der Waals surface area contributed by atoms with Crippen LogP contribution in [0.25, 0.3) is 0 Å². The molecule has 2 rings (SSSR count). The summed E-state index contributed by atoms with van der Waals surface area (Å²) in [6.45, 7) is 5.33. The van der Waals surface area contributed by atoms with Gasteiger partial charge in [0.2, 0.25) is 0 Å². The second-order valence-corrected chi connectivity index (χ2v) is 5.35. The fraction of sp³-hybridized carbons (Fsp3) is 0.562. The van der Waals surface area contributed by atoms with Crippen LogP contribution in [0.5, 0.6) is 5.75 Å². The lowest BCUT2D eigenvalue weighted by Crippen LogP contribution is -2.52. The largest absolute Gasteiger partial charge is 0.484 e. The zero-order valence-corrected chi connectivity index (χ0v) is 12.3. The lowest BCUT2D eigenvalue weighted by molar-refractivity contribution is -0.124. The van der Waals surface area contributed by atoms with Crippen LogP contribution in [-0.4, -0.2) is 31.1 Å². The minimum atomic E-state index is -0.0508. The van der Waals surface area contributed by atoms with Gasteiger partial charge in [0.15, 0.2) is 6.61 Å². The summed E-state index contributed by atoms with van der Waals surface area (Å²) in [4.78, 5) is 11.9. The molecule has 0 aliphatic carbocycles. The van der Waals surface area contributed by atoms with E-state index in [-0.39, 0.29) is 18.6 Å². The molecule has 0 saturated carbocycles. The Bertz CT molecular complexity index is 431. The Hall–Kier alpha value is -1.55. The molecule has 1 aliphatic rings. The van der Waals surface area contributed by atoms with Gasteiger partial charge in [-0.15, -0.1) is 0 Å². The zero-order valence-electron chi connectivity index (χ0n) is 12.3. The van der Waals surface area contributed by atoms with Crippen molar-refractivity contribution in [2.24, 2.45) is 0 Å². The first-order valence-corrected chi connectivity index (χ1v) is 7.43. The van der Waals surface area contributed by atoms with Gasteiger partial charge >= 0.3 is 0 Å². The van der Waals surface area contributed by atoms with Gasteiger partial charge < -0.3 is 15.4 Å². The average Bonchev–Trinajstić information content (AvgIpc) is 2.48. The average molecular weight is 276 g/mol. The Balaban J connectivity index is 1.76. The molecular weight excluding hydrogens is 252 g/mol. The smallest absolute Gasteiger partial charge is 0.258 e. The highest BCUT2D eigenvalue weighted by molar-refractivity contribution is 5.77. The molecule has 2 N–H and O–H groups in total. The van der Waals surface area contributed by atoms with Crippen molar-refractivity contribution >= 4 is 5.91 Å². The summed E-state index contributed by atoms with van der Waals surface area (Å²) in [6, 6.07) is 8.42. The summed E-state index contributed by atoms with van der Waals surface area (Å²) >= 11 is 0. The topological polar surface area (TPSA) is 50.4 Å². The van der Waals surface area contributed by atoms with Gasteiger partial charge in [-0.05, 0) is 50.4 Å². The van der Waals surface area contributed by atoms with Crippen molar-refractivity contribution in [1.29, 1.82) is 0 Å². The highest BCUT2D eigenvalue weighted by atomic mass is 16.5. The second kappa shape index (κ2) is 7.29. The molecule has 1 aromatic carbocycles. The number of carbonyl (C=O) groups is 1. The molecule has 2 atom stereocenters. The predicted molar refractivity (Wildman–Crippen MR) is 79.9 cm³/mol. The van der Waals surface area contributed by atoms with Gasteiger partial charge in [0.05, 0.1) is 0 Å². The number of benzene rings is 1. The van der Waals surface area contributed by atoms with Gasteiger partial charge in [-0.2, -0.15) is 0 Å². The predicted octanol–water partition coefficient (Wildman–Crippen LogP) is 1.88. The Morgan fingerprint density at radius 3 is 2.80 bits per heavy atom. The number of ether oxygens (including phenoxy) is 1. The Labute approximate surface area is 120 Å². The highest BCUT2D eigenvalue weighted by Crippen LogP contribution is 2.12. The fourth-order valence-electron chi connectivity index (χ4n) is 2.46. The third-order valence-electron chi connectivity index (χ3n) is 3.81. The van der Waals surface area contributed by atoms with E-state index in [1.54, 1.807) is 0 Å². The molecule has 20 heavy (non-hydrogen) atoms. The van der Waals surface area contributed by atoms with Crippen molar-refractivity contribution in [2.45, 2.75) is 45.2 Å². The molecule has 1 aliphatic heterocycles. The minimum absolute atomic E-state index is 0.0508. The van der Waals surface area contributed by atoms with E-state index in [2.05, 4.69) is 24.5 Å². The Kier molecular flexibility index (Phi) is 5.41. The summed E-state index contributed by atoms with van der Waals surface area (Å²) in [5.74, 6) is 0.692. The lowest BCUT2D eigenvalue weighted by Gasteiger charge is -2.30. The number of hydrogen-bond donors (Lipinski definition) is 2. The van der Waals surface area contributed by atoms with Gasteiger partial charge in [-0.1, -0.05) is 19.1 Å². The van der Waals surface area contributed by atoms with Gasteiger partial charge in [0.1, 0.15) is 5.75 Å². The zero-order chi connectivity index (χ0) is 14.4. The van der Waals surface area contributed by atoms with E-state index in [1.165, 1.54) is 5.56 Å². The number of hydrogen-bond acceptors (Lipinski definition) is 3. The Morgan fingerprint density at radius 1 is 1.40 bits per heavy atom. The van der Waals surface area contributed by atoms with E-state index >= 15 is 0 Å². The summed E-state index contributed by atoms with van der Waals surface area (Å²) in [6.07, 6.45) is 3.15. The molecule has 1 saturated heterocycles. The number of amides is 1. The summed E-state index contributed by atoms with van der Waals surface area (Å²) < 4.78 is 5.51. The second-order valence-electron chi connectivity index (χ2n) is 5.35. The molecule has 2 unspecified atom stereocenters. The normalized spacial score (nSPS) is 22.3. The molecule has 0 spiro atoms. The standard InChI is InChI=1S/C16H24N2O2/c1-3-13-6-8-14(9-7-13)20-11-16(19)18-15-5-4-10-17-12(15)2/h6-9,12,15,17H,3-5,10-11H2,1-2H3,(H,18,19). The van der Waals surface area contributed by atoms with Crippen molar-refractivity contribution in [3.63, 3.8) is 0 Å². The van der Waals surface area contributed by atoms with Gasteiger partial charge in [-0.3, -0.25) is 4.79 Å². The van der Waals surface area contributed by atoms with Crippen molar-refractivity contribution in [1.82, 2.24) is 10.6 Å². The number of rotatable bonds is 5. The number of aryl methyl sites for hydroxylation is 1. The maximum atomic E-state index is 11.9. The van der Waals surface area contributed by atoms with Crippen molar-refractivity contribution < 1.29 is 9.53 Å². The van der Waals surface area contributed by atoms with E-state index in [0.29, 0.717) is 6.04 Å². The highest BCUT2D eigenvalue weighted by Gasteiger charge is 2.22. The van der Waals surface area contributed by atoms with E-state index in [4.69, 9.17) is 4.74 Å². The van der Waals surface area contributed by atoms with Gasteiger partial charge in [0, 0.05) is 12.1 Å². The first-order chi connectivity index (χ1) is 9.69. The molecular formula is C16H24N2O2. The molecule has 1 fully saturated rings. The summed E-state index contributed by atoms with van der Waals surface area (Å²) in [5.41, 5.74) is 1.27. The van der Waals surface area contributed by atoms with Crippen LogP contribution < -0.4 is 15.4 Å². The maximum Gasteiger partial charge on any atom is 0.258 e. The summed E-state index contributed by atoms with van der Waals surface area (Å²) in [7, 11) is 0. The van der Waals surface area contributed by atoms with Crippen LogP contribution in [0.15, 0.2) is 24.3 Å². The van der Waals surface area contributed by atoms with Crippen LogP contribution >= 0.6 is 0 Å². The van der Waals surface area contributed by atoms with Crippen LogP contribution in [0.4, 0.5) is 0 Å². The van der Waals surface area contributed by atoms with Crippen molar-refractivity contribution in [3.8, 4) is 5.75 Å². The molecule has 1 aromatic rings. The van der Waals surface area contributed by atoms with Crippen molar-refractivity contribution in [3.05, 3.63) is 29.8 Å². The van der Waals surface area contributed by atoms with E-state index in [1.807, 2.05) is 24.3 Å². The van der Waals surface area contributed by atoms with Crippen LogP contribution in [0, 0.1) is 0 Å². The fourth-order valence-corrected chi connectivity index (χ4v) is 2.46. The number of carbonyl (C=O) groups excluding carboxylic acids is 1. The molecule has 4 heteroatoms. The quantitative estimate of drug-likeness (QED) is 0.863. The molecule has 0 bridgehead atoms. The van der Waals surface area contributed by atoms with Crippen LogP contribution in [-0.2, 0) is 11.2 Å². The number of piperidine rings is 1. The molecule has 0 radical (unpaired) electrons. The molecule has 1 heterocycles. The molecule has 110 valence electrons. The van der Waals surface area contributed by atoms with Crippen LogP contribution in [0.3, 0.4) is 0 Å². The summed E-state index contributed by atoms with van der Waals surface area (Å²) in [5, 5.41) is 6.40. The third-order valence-corrected chi connectivity index (χ3v) is 3.81. The van der Waals surface area contributed by atoms with Gasteiger partial charge in [-0.25, -0.2) is 0 Å². The van der Waals surface area contributed by atoms with E-state index in [0.717, 1.165) is 31.6 Å². The molecule has 0 aromatic heterocycles. The van der Waals surface area contributed by atoms with E-state index in [9.17, 15) is 4.79 Å². The lowest BCUT2D eigenvalue weighted by atomic mass is 10.00. The first kappa shape index (κ1) is 14.9. The SMILES string of the molecule is CCc1ccc(OCC(=O)NC2CCCNC2C)cc1. The van der Waals surface area contributed by atoms with Crippen LogP contribution in [0.2, 0.25) is 0 Å². The molecule has 4 nitrogen and oxygen atoms in total. The van der Waals surface area contributed by atoms with E-state index < -0.39 is 0 Å². The monoisotopic (exact) mass is 276 g/mol. The van der Waals surface area contributed by atoms with Crippen molar-refractivity contribution in [2.75, 3.05) is 13.2 Å². The molecule has 1 amide bonds. The number of nitrogens with one attached hydrogen (secondary N) is 2. The Morgan fingerprint density at radius 2 is 2.15 bits per heavy atom. The first-order valence-electron chi connectivity index (χ1n) is 7.43. The minimum Gasteiger partial charge on any atom is -0.484 e. The maximum absolute atomic E-state index is 11.9. The van der Waals surface area contributed by atoms with Crippen LogP contribution in [0.1, 0.15) is 32.3 Å². The van der Waals surface area contributed by atoms with Gasteiger partial charge in [0.25, 0.3) is 5.91 Å². The third kappa shape index (κ3) is 4.23.